The van der Waals surface area contributed by atoms with E-state index in [-0.39, 0.29) is 0 Å². The molecule has 100 valence electrons. The molecule has 6 heteroatoms. The van der Waals surface area contributed by atoms with Gasteiger partial charge in [0.1, 0.15) is 0 Å². The van der Waals surface area contributed by atoms with Gasteiger partial charge in [-0.05, 0) is 30.2 Å². The Balaban J connectivity index is 2.41. The molecule has 0 aliphatic heterocycles. The van der Waals surface area contributed by atoms with Crippen molar-refractivity contribution in [2.24, 2.45) is 5.92 Å². The molecule has 1 atom stereocenters. The first-order valence-corrected chi connectivity index (χ1v) is 6.17. The molecule has 0 aliphatic carbocycles. The van der Waals surface area contributed by atoms with Crippen molar-refractivity contribution < 1.29 is 14.3 Å². The number of carboxylic acid groups (broad SMARTS) is 1. The van der Waals surface area contributed by atoms with E-state index in [2.05, 4.69) is 10.2 Å². The molecule has 2 aromatic rings. The SMILES string of the molecule is Cc1nnc(-c2ccc(Cl)cc2C[C@H](C)C(=O)O)o1. The van der Waals surface area contributed by atoms with Gasteiger partial charge < -0.3 is 9.52 Å². The Bertz CT molecular complexity index is 610. The Morgan fingerprint density at radius 3 is 2.79 bits per heavy atom. The summed E-state index contributed by atoms with van der Waals surface area (Å²) in [5.41, 5.74) is 1.50. The van der Waals surface area contributed by atoms with E-state index in [1.807, 2.05) is 0 Å². The third-order valence-corrected chi connectivity index (χ3v) is 3.01. The highest BCUT2D eigenvalue weighted by atomic mass is 35.5. The monoisotopic (exact) mass is 280 g/mol. The second kappa shape index (κ2) is 5.40. The molecule has 0 radical (unpaired) electrons. The van der Waals surface area contributed by atoms with Crippen LogP contribution in [0.15, 0.2) is 22.6 Å². The van der Waals surface area contributed by atoms with Crippen LogP contribution in [0.3, 0.4) is 0 Å². The van der Waals surface area contributed by atoms with Gasteiger partial charge >= 0.3 is 5.97 Å². The highest BCUT2D eigenvalue weighted by Crippen LogP contribution is 2.27. The summed E-state index contributed by atoms with van der Waals surface area (Å²) in [6, 6.07) is 5.21. The molecule has 0 saturated carbocycles. The van der Waals surface area contributed by atoms with Crippen LogP contribution in [-0.2, 0) is 11.2 Å². The summed E-state index contributed by atoms with van der Waals surface area (Å²) in [5, 5.41) is 17.3. The standard InChI is InChI=1S/C13H13ClN2O3/c1-7(13(17)18)5-9-6-10(14)3-4-11(9)12-16-15-8(2)19-12/h3-4,6-7H,5H2,1-2H3,(H,17,18)/t7-/m0/s1. The van der Waals surface area contributed by atoms with Crippen molar-refractivity contribution in [2.75, 3.05) is 0 Å². The Morgan fingerprint density at radius 2 is 2.21 bits per heavy atom. The quantitative estimate of drug-likeness (QED) is 0.932. The average Bonchev–Trinajstić information content (AvgIpc) is 2.75. The molecule has 1 aromatic carbocycles. The normalized spacial score (nSPS) is 12.4. The molecular weight excluding hydrogens is 268 g/mol. The lowest BCUT2D eigenvalue weighted by Crippen LogP contribution is -2.12. The number of benzene rings is 1. The fourth-order valence-electron chi connectivity index (χ4n) is 1.76. The third-order valence-electron chi connectivity index (χ3n) is 2.77. The zero-order valence-corrected chi connectivity index (χ0v) is 11.3. The minimum absolute atomic E-state index is 0.354. The molecular formula is C13H13ClN2O3. The molecule has 0 unspecified atom stereocenters. The summed E-state index contributed by atoms with van der Waals surface area (Å²) in [5.74, 6) is -0.530. The van der Waals surface area contributed by atoms with E-state index in [9.17, 15) is 4.79 Å². The summed E-state index contributed by atoms with van der Waals surface area (Å²) in [7, 11) is 0. The highest BCUT2D eigenvalue weighted by Gasteiger charge is 2.17. The minimum atomic E-state index is -0.854. The van der Waals surface area contributed by atoms with Gasteiger partial charge in [0.15, 0.2) is 0 Å². The Labute approximate surface area is 115 Å². The molecule has 0 fully saturated rings. The average molecular weight is 281 g/mol. The van der Waals surface area contributed by atoms with E-state index in [1.165, 1.54) is 0 Å². The van der Waals surface area contributed by atoms with Gasteiger partial charge in [0.25, 0.3) is 0 Å². The van der Waals surface area contributed by atoms with Gasteiger partial charge in [0, 0.05) is 17.5 Å². The smallest absolute Gasteiger partial charge is 0.306 e. The van der Waals surface area contributed by atoms with Crippen LogP contribution in [-0.4, -0.2) is 21.3 Å². The Morgan fingerprint density at radius 1 is 1.47 bits per heavy atom. The lowest BCUT2D eigenvalue weighted by atomic mass is 9.97. The van der Waals surface area contributed by atoms with Gasteiger partial charge in [-0.1, -0.05) is 18.5 Å². The summed E-state index contributed by atoms with van der Waals surface area (Å²) >= 11 is 5.96. The second-order valence-electron chi connectivity index (χ2n) is 4.37. The van der Waals surface area contributed by atoms with Gasteiger partial charge in [-0.3, -0.25) is 4.79 Å². The second-order valence-corrected chi connectivity index (χ2v) is 4.81. The fraction of sp³-hybridized carbons (Fsp3) is 0.308. The van der Waals surface area contributed by atoms with Crippen molar-refractivity contribution in [3.05, 3.63) is 34.7 Å². The molecule has 0 spiro atoms. The van der Waals surface area contributed by atoms with Gasteiger partial charge in [0.05, 0.1) is 5.92 Å². The van der Waals surface area contributed by atoms with Crippen molar-refractivity contribution in [3.8, 4) is 11.5 Å². The predicted octanol–water partition coefficient (Wildman–Crippen LogP) is 2.96. The first-order valence-electron chi connectivity index (χ1n) is 5.79. The molecule has 1 aromatic heterocycles. The summed E-state index contributed by atoms with van der Waals surface area (Å²) in [6.07, 6.45) is 0.354. The van der Waals surface area contributed by atoms with Gasteiger partial charge in [-0.2, -0.15) is 0 Å². The maximum absolute atomic E-state index is 11.0. The van der Waals surface area contributed by atoms with Gasteiger partial charge in [-0.25, -0.2) is 0 Å². The van der Waals surface area contributed by atoms with E-state index in [4.69, 9.17) is 21.1 Å². The zero-order valence-electron chi connectivity index (χ0n) is 10.6. The lowest BCUT2D eigenvalue weighted by Gasteiger charge is -2.10. The van der Waals surface area contributed by atoms with Crippen LogP contribution in [0.1, 0.15) is 18.4 Å². The fourth-order valence-corrected chi connectivity index (χ4v) is 1.96. The number of carboxylic acids is 1. The highest BCUT2D eigenvalue weighted by molar-refractivity contribution is 6.30. The predicted molar refractivity (Wildman–Crippen MR) is 70.0 cm³/mol. The maximum atomic E-state index is 11.0. The molecule has 2 rings (SSSR count). The van der Waals surface area contributed by atoms with Crippen molar-refractivity contribution in [3.63, 3.8) is 0 Å². The summed E-state index contributed by atoms with van der Waals surface area (Å²) < 4.78 is 5.38. The Kier molecular flexibility index (Phi) is 3.85. The van der Waals surface area contributed by atoms with Gasteiger partial charge in [0.2, 0.25) is 11.8 Å². The molecule has 19 heavy (non-hydrogen) atoms. The first-order chi connectivity index (χ1) is 8.97. The van der Waals surface area contributed by atoms with Crippen LogP contribution < -0.4 is 0 Å². The molecule has 1 N–H and O–H groups in total. The number of hydrogen-bond donors (Lipinski definition) is 1. The number of halogens is 1. The number of carbonyl (C=O) groups is 1. The number of aliphatic carboxylic acids is 1. The van der Waals surface area contributed by atoms with E-state index < -0.39 is 11.9 Å². The van der Waals surface area contributed by atoms with Crippen LogP contribution in [0.2, 0.25) is 5.02 Å². The van der Waals surface area contributed by atoms with E-state index >= 15 is 0 Å². The van der Waals surface area contributed by atoms with Gasteiger partial charge in [-0.15, -0.1) is 10.2 Å². The Hall–Kier alpha value is -1.88. The molecule has 0 saturated heterocycles. The first kappa shape index (κ1) is 13.5. The van der Waals surface area contributed by atoms with E-state index in [1.54, 1.807) is 32.0 Å². The van der Waals surface area contributed by atoms with Crippen LogP contribution in [0.25, 0.3) is 11.5 Å². The van der Waals surface area contributed by atoms with Crippen molar-refractivity contribution >= 4 is 17.6 Å². The van der Waals surface area contributed by atoms with E-state index in [0.717, 1.165) is 11.1 Å². The molecule has 1 heterocycles. The topological polar surface area (TPSA) is 76.2 Å². The van der Waals surface area contributed by atoms with Crippen molar-refractivity contribution in [1.82, 2.24) is 10.2 Å². The van der Waals surface area contributed by atoms with Crippen LogP contribution in [0.5, 0.6) is 0 Å². The van der Waals surface area contributed by atoms with Crippen molar-refractivity contribution in [1.29, 1.82) is 0 Å². The lowest BCUT2D eigenvalue weighted by molar-refractivity contribution is -0.141. The molecule has 0 aliphatic rings. The van der Waals surface area contributed by atoms with Crippen molar-refractivity contribution in [2.45, 2.75) is 20.3 Å². The molecule has 0 bridgehead atoms. The van der Waals surface area contributed by atoms with Crippen LogP contribution in [0, 0.1) is 12.8 Å². The largest absolute Gasteiger partial charge is 0.481 e. The minimum Gasteiger partial charge on any atom is -0.481 e. The number of rotatable bonds is 4. The number of aromatic nitrogens is 2. The number of aryl methyl sites for hydroxylation is 1. The number of hydrogen-bond acceptors (Lipinski definition) is 4. The summed E-state index contributed by atoms with van der Waals surface area (Å²) in [6.45, 7) is 3.35. The summed E-state index contributed by atoms with van der Waals surface area (Å²) in [4.78, 5) is 11.0. The maximum Gasteiger partial charge on any atom is 0.306 e. The number of nitrogens with zero attached hydrogens (tertiary/aromatic N) is 2. The molecule has 5 nitrogen and oxygen atoms in total. The molecule has 0 amide bonds. The third kappa shape index (κ3) is 3.12. The zero-order chi connectivity index (χ0) is 14.0. The van der Waals surface area contributed by atoms with Crippen LogP contribution in [0.4, 0.5) is 0 Å². The van der Waals surface area contributed by atoms with E-state index in [0.29, 0.717) is 23.2 Å². The van der Waals surface area contributed by atoms with Crippen LogP contribution >= 0.6 is 11.6 Å².